The molecule has 2 aromatic carbocycles. The normalized spacial score (nSPS) is 11.2. The fraction of sp³-hybridized carbons (Fsp3) is 0.0870. The van der Waals surface area contributed by atoms with E-state index < -0.39 is 0 Å². The van der Waals surface area contributed by atoms with E-state index in [1.54, 1.807) is 36.5 Å². The zero-order valence-corrected chi connectivity index (χ0v) is 18.2. The number of ether oxygens (including phenoxy) is 1. The lowest BCUT2D eigenvalue weighted by Gasteiger charge is -2.09. The smallest absolute Gasteiger partial charge is 0.248 e. The third kappa shape index (κ3) is 4.55. The second kappa shape index (κ2) is 8.79. The molecule has 0 unspecified atom stereocenters. The molecule has 0 aliphatic heterocycles. The molecule has 0 atom stereocenters. The number of halogens is 2. The maximum atomic E-state index is 12.4. The molecule has 0 saturated heterocycles. The number of rotatable bonds is 5. The van der Waals surface area contributed by atoms with Crippen LogP contribution >= 0.6 is 23.2 Å². The Labute approximate surface area is 188 Å². The van der Waals surface area contributed by atoms with Crippen LogP contribution in [0.5, 0.6) is 5.75 Å². The van der Waals surface area contributed by atoms with E-state index in [0.717, 1.165) is 11.1 Å². The molecule has 0 aliphatic carbocycles. The number of oxazole rings is 1. The monoisotopic (exact) mass is 453 g/mol. The maximum absolute atomic E-state index is 12.4. The molecule has 2 aromatic heterocycles. The summed E-state index contributed by atoms with van der Waals surface area (Å²) in [5, 5.41) is 3.68. The fourth-order valence-corrected chi connectivity index (χ4v) is 3.68. The second-order valence-corrected chi connectivity index (χ2v) is 7.55. The molecule has 0 saturated carbocycles. The van der Waals surface area contributed by atoms with Crippen LogP contribution in [-0.4, -0.2) is 23.0 Å². The molecule has 0 bridgehead atoms. The van der Waals surface area contributed by atoms with E-state index in [0.29, 0.717) is 44.2 Å². The number of benzene rings is 2. The van der Waals surface area contributed by atoms with Crippen LogP contribution in [0.3, 0.4) is 0 Å². The lowest BCUT2D eigenvalue weighted by atomic mass is 10.1. The van der Waals surface area contributed by atoms with Crippen molar-refractivity contribution in [2.75, 3.05) is 12.4 Å². The van der Waals surface area contributed by atoms with Gasteiger partial charge in [0.1, 0.15) is 5.75 Å². The third-order valence-electron chi connectivity index (χ3n) is 4.55. The second-order valence-electron chi connectivity index (χ2n) is 6.71. The molecule has 6 nitrogen and oxygen atoms in total. The zero-order chi connectivity index (χ0) is 22.0. The number of carbonyl (C=O) groups excluding carboxylic acids is 1. The standard InChI is InChI=1S/C23H17Cl2N3O3/c1-13-10-15(23-28-22-19(31-23)4-3-9-26-22)5-7-18(13)27-20(29)8-6-14-11-16(24)12-17(25)21(14)30-2/h3-12H,1-2H3,(H,27,29)/b8-6+. The molecule has 1 amide bonds. The summed E-state index contributed by atoms with van der Waals surface area (Å²) >= 11 is 12.2. The van der Waals surface area contributed by atoms with E-state index in [4.69, 9.17) is 32.4 Å². The Morgan fingerprint density at radius 2 is 2.03 bits per heavy atom. The van der Waals surface area contributed by atoms with E-state index in [1.807, 2.05) is 25.1 Å². The lowest BCUT2D eigenvalue weighted by Crippen LogP contribution is -2.09. The average Bonchev–Trinajstić information content (AvgIpc) is 3.17. The maximum Gasteiger partial charge on any atom is 0.248 e. The summed E-state index contributed by atoms with van der Waals surface area (Å²) in [6.07, 6.45) is 4.66. The van der Waals surface area contributed by atoms with Gasteiger partial charge in [0, 0.05) is 34.1 Å². The molecule has 0 radical (unpaired) electrons. The van der Waals surface area contributed by atoms with Crippen molar-refractivity contribution in [1.82, 2.24) is 9.97 Å². The van der Waals surface area contributed by atoms with Crippen LogP contribution in [0, 0.1) is 6.92 Å². The minimum absolute atomic E-state index is 0.305. The minimum Gasteiger partial charge on any atom is -0.495 e. The number of carbonyl (C=O) groups is 1. The highest BCUT2D eigenvalue weighted by molar-refractivity contribution is 6.36. The SMILES string of the molecule is COc1c(Cl)cc(Cl)cc1/C=C/C(=O)Nc1ccc(-c2nc3ncccc3o2)cc1C. The van der Waals surface area contributed by atoms with Crippen molar-refractivity contribution in [1.29, 1.82) is 0 Å². The van der Waals surface area contributed by atoms with Crippen LogP contribution in [0.1, 0.15) is 11.1 Å². The quantitative estimate of drug-likeness (QED) is 0.365. The van der Waals surface area contributed by atoms with Crippen LogP contribution in [0.4, 0.5) is 5.69 Å². The van der Waals surface area contributed by atoms with Crippen molar-refractivity contribution in [3.05, 3.63) is 75.9 Å². The Hall–Kier alpha value is -3.35. The van der Waals surface area contributed by atoms with Crippen LogP contribution in [-0.2, 0) is 4.79 Å². The summed E-state index contributed by atoms with van der Waals surface area (Å²) in [6.45, 7) is 1.89. The number of hydrogen-bond donors (Lipinski definition) is 1. The van der Waals surface area contributed by atoms with Crippen LogP contribution in [0.25, 0.3) is 28.8 Å². The van der Waals surface area contributed by atoms with Crippen molar-refractivity contribution in [3.63, 3.8) is 0 Å². The van der Waals surface area contributed by atoms with Gasteiger partial charge >= 0.3 is 0 Å². The van der Waals surface area contributed by atoms with Gasteiger partial charge in [0.2, 0.25) is 11.8 Å². The first-order chi connectivity index (χ1) is 14.9. The highest BCUT2D eigenvalue weighted by Crippen LogP contribution is 2.33. The minimum atomic E-state index is -0.305. The number of anilines is 1. The molecule has 4 aromatic rings. The first-order valence-electron chi connectivity index (χ1n) is 9.29. The summed E-state index contributed by atoms with van der Waals surface area (Å²) in [5.41, 5.74) is 4.10. The van der Waals surface area contributed by atoms with Crippen LogP contribution in [0.15, 0.2) is 59.2 Å². The molecule has 8 heteroatoms. The lowest BCUT2D eigenvalue weighted by molar-refractivity contribution is -0.111. The van der Waals surface area contributed by atoms with E-state index in [2.05, 4.69) is 15.3 Å². The molecule has 1 N–H and O–H groups in total. The summed E-state index contributed by atoms with van der Waals surface area (Å²) in [6, 6.07) is 12.4. The van der Waals surface area contributed by atoms with Gasteiger partial charge in [-0.25, -0.2) is 4.98 Å². The molecular formula is C23H17Cl2N3O3. The number of aryl methyl sites for hydroxylation is 1. The number of hydrogen-bond acceptors (Lipinski definition) is 5. The first-order valence-corrected chi connectivity index (χ1v) is 10.0. The van der Waals surface area contributed by atoms with E-state index in [-0.39, 0.29) is 5.91 Å². The number of methoxy groups -OCH3 is 1. The van der Waals surface area contributed by atoms with Gasteiger partial charge in [0.25, 0.3) is 0 Å². The Morgan fingerprint density at radius 3 is 2.77 bits per heavy atom. The zero-order valence-electron chi connectivity index (χ0n) is 16.6. The van der Waals surface area contributed by atoms with Crippen molar-refractivity contribution in [3.8, 4) is 17.2 Å². The van der Waals surface area contributed by atoms with Crippen molar-refractivity contribution < 1.29 is 13.9 Å². The van der Waals surface area contributed by atoms with Crippen molar-refractivity contribution in [2.24, 2.45) is 0 Å². The third-order valence-corrected chi connectivity index (χ3v) is 5.05. The fourth-order valence-electron chi connectivity index (χ4n) is 3.09. The summed E-state index contributed by atoms with van der Waals surface area (Å²) in [5.74, 6) is 0.614. The molecule has 31 heavy (non-hydrogen) atoms. The first kappa shape index (κ1) is 20.9. The van der Waals surface area contributed by atoms with E-state index in [1.165, 1.54) is 13.2 Å². The van der Waals surface area contributed by atoms with Crippen molar-refractivity contribution >= 4 is 52.1 Å². The van der Waals surface area contributed by atoms with Crippen molar-refractivity contribution in [2.45, 2.75) is 6.92 Å². The highest BCUT2D eigenvalue weighted by atomic mass is 35.5. The summed E-state index contributed by atoms with van der Waals surface area (Å²) in [4.78, 5) is 21.0. The predicted molar refractivity (Wildman–Crippen MR) is 123 cm³/mol. The number of nitrogens with zero attached hydrogens (tertiary/aromatic N) is 2. The topological polar surface area (TPSA) is 77.2 Å². The Morgan fingerprint density at radius 1 is 1.19 bits per heavy atom. The Bertz CT molecular complexity index is 1280. The van der Waals surface area contributed by atoms with Gasteiger partial charge in [-0.1, -0.05) is 23.2 Å². The average molecular weight is 454 g/mol. The van der Waals surface area contributed by atoms with Gasteiger partial charge in [-0.05, 0) is 61.0 Å². The molecule has 156 valence electrons. The van der Waals surface area contributed by atoms with E-state index in [9.17, 15) is 4.79 Å². The van der Waals surface area contributed by atoms with Gasteiger partial charge in [0.15, 0.2) is 11.2 Å². The van der Waals surface area contributed by atoms with Crippen LogP contribution in [0.2, 0.25) is 10.0 Å². The van der Waals surface area contributed by atoms with Gasteiger partial charge in [-0.3, -0.25) is 4.79 Å². The molecule has 4 rings (SSSR count). The molecule has 0 fully saturated rings. The summed E-state index contributed by atoms with van der Waals surface area (Å²) in [7, 11) is 1.50. The number of fused-ring (bicyclic) bond motifs is 1. The van der Waals surface area contributed by atoms with Gasteiger partial charge < -0.3 is 14.5 Å². The molecule has 0 aliphatic rings. The predicted octanol–water partition coefficient (Wildman–Crippen LogP) is 6.17. The largest absolute Gasteiger partial charge is 0.495 e. The number of amides is 1. The highest BCUT2D eigenvalue weighted by Gasteiger charge is 2.12. The Kier molecular flexibility index (Phi) is 5.93. The van der Waals surface area contributed by atoms with E-state index >= 15 is 0 Å². The summed E-state index contributed by atoms with van der Waals surface area (Å²) < 4.78 is 11.0. The number of pyridine rings is 1. The molecular weight excluding hydrogens is 437 g/mol. The van der Waals surface area contributed by atoms with Gasteiger partial charge in [0.05, 0.1) is 12.1 Å². The van der Waals surface area contributed by atoms with Crippen LogP contribution < -0.4 is 10.1 Å². The Balaban J connectivity index is 1.52. The van der Waals surface area contributed by atoms with Gasteiger partial charge in [-0.15, -0.1) is 0 Å². The number of nitrogens with one attached hydrogen (secondary N) is 1. The number of aromatic nitrogens is 2. The van der Waals surface area contributed by atoms with Gasteiger partial charge in [-0.2, -0.15) is 4.98 Å². The molecule has 0 spiro atoms. The molecule has 2 heterocycles.